The first-order valence-corrected chi connectivity index (χ1v) is 11.9. The monoisotopic (exact) mass is 437 g/mol. The maximum atomic E-state index is 12.7. The number of nitrogens with zero attached hydrogens (tertiary/aromatic N) is 1. The van der Waals surface area contributed by atoms with Crippen LogP contribution in [-0.4, -0.2) is 47.8 Å². The van der Waals surface area contributed by atoms with Crippen molar-refractivity contribution in [2.24, 2.45) is 0 Å². The first-order valence-electron chi connectivity index (χ1n) is 8.97. The van der Waals surface area contributed by atoms with Gasteiger partial charge in [0.1, 0.15) is 0 Å². The Morgan fingerprint density at radius 2 is 1.48 bits per heavy atom. The number of hydrogen-bond donors (Lipinski definition) is 2. The highest BCUT2D eigenvalue weighted by molar-refractivity contribution is 7.92. The molecule has 1 aliphatic carbocycles. The third-order valence-electron chi connectivity index (χ3n) is 4.48. The number of nitrogens with one attached hydrogen (secondary N) is 2. The summed E-state index contributed by atoms with van der Waals surface area (Å²) in [6, 6.07) is 9.74. The standard InChI is InChI=1S/C19H23N3O5S2/c1-13-4-5-14(19(23)22(2)3)12-18(13)21-29(26,27)17-10-8-16(9-11-17)28(24,25)20-15-6-7-15/h4-5,8-12,15,20-21H,6-7H2,1-3H3. The van der Waals surface area contributed by atoms with E-state index in [0.717, 1.165) is 12.8 Å². The lowest BCUT2D eigenvalue weighted by atomic mass is 10.1. The van der Waals surface area contributed by atoms with Gasteiger partial charge in [-0.05, 0) is 61.7 Å². The summed E-state index contributed by atoms with van der Waals surface area (Å²) in [7, 11) is -4.40. The molecule has 8 nitrogen and oxygen atoms in total. The number of anilines is 1. The Morgan fingerprint density at radius 1 is 0.931 bits per heavy atom. The second kappa shape index (κ2) is 7.77. The molecule has 1 fully saturated rings. The largest absolute Gasteiger partial charge is 0.345 e. The van der Waals surface area contributed by atoms with Crippen molar-refractivity contribution < 1.29 is 21.6 Å². The highest BCUT2D eigenvalue weighted by Crippen LogP contribution is 2.24. The van der Waals surface area contributed by atoms with Crippen LogP contribution in [0.25, 0.3) is 0 Å². The van der Waals surface area contributed by atoms with E-state index in [2.05, 4.69) is 9.44 Å². The Balaban J connectivity index is 1.84. The summed E-state index contributed by atoms with van der Waals surface area (Å²) in [5.41, 5.74) is 1.28. The van der Waals surface area contributed by atoms with Crippen molar-refractivity contribution in [1.82, 2.24) is 9.62 Å². The number of carbonyl (C=O) groups excluding carboxylic acids is 1. The molecule has 0 saturated heterocycles. The number of amides is 1. The van der Waals surface area contributed by atoms with Gasteiger partial charge in [-0.2, -0.15) is 0 Å². The molecule has 1 saturated carbocycles. The third-order valence-corrected chi connectivity index (χ3v) is 7.40. The van der Waals surface area contributed by atoms with Crippen LogP contribution >= 0.6 is 0 Å². The van der Waals surface area contributed by atoms with Crippen molar-refractivity contribution in [3.05, 3.63) is 53.6 Å². The van der Waals surface area contributed by atoms with Crippen molar-refractivity contribution in [3.8, 4) is 0 Å². The molecule has 156 valence electrons. The summed E-state index contributed by atoms with van der Waals surface area (Å²) in [6.07, 6.45) is 1.62. The van der Waals surface area contributed by atoms with Gasteiger partial charge in [-0.1, -0.05) is 6.07 Å². The molecule has 0 spiro atoms. The molecule has 3 rings (SSSR count). The molecular formula is C19H23N3O5S2. The van der Waals surface area contributed by atoms with Crippen LogP contribution < -0.4 is 9.44 Å². The Morgan fingerprint density at radius 3 is 2.00 bits per heavy atom. The second-order valence-electron chi connectivity index (χ2n) is 7.20. The van der Waals surface area contributed by atoms with Gasteiger partial charge in [0.2, 0.25) is 10.0 Å². The fourth-order valence-corrected chi connectivity index (χ4v) is 5.04. The zero-order valence-corrected chi connectivity index (χ0v) is 18.0. The molecule has 10 heteroatoms. The minimum absolute atomic E-state index is 0.0121. The Labute approximate surface area is 171 Å². The van der Waals surface area contributed by atoms with Gasteiger partial charge in [-0.3, -0.25) is 9.52 Å². The van der Waals surface area contributed by atoms with Gasteiger partial charge in [0.15, 0.2) is 0 Å². The van der Waals surface area contributed by atoms with Crippen LogP contribution in [-0.2, 0) is 20.0 Å². The molecule has 0 bridgehead atoms. The summed E-state index contributed by atoms with van der Waals surface area (Å²) < 4.78 is 55.0. The molecule has 1 amide bonds. The SMILES string of the molecule is Cc1ccc(C(=O)N(C)C)cc1NS(=O)(=O)c1ccc(S(=O)(=O)NC2CC2)cc1. The van der Waals surface area contributed by atoms with Crippen molar-refractivity contribution >= 4 is 31.6 Å². The number of sulfonamides is 2. The van der Waals surface area contributed by atoms with Gasteiger partial charge in [0, 0.05) is 25.7 Å². The molecule has 2 aromatic carbocycles. The van der Waals surface area contributed by atoms with Gasteiger partial charge < -0.3 is 4.90 Å². The molecule has 0 atom stereocenters. The number of aryl methyl sites for hydroxylation is 1. The van der Waals surface area contributed by atoms with Crippen LogP contribution in [0.5, 0.6) is 0 Å². The number of carbonyl (C=O) groups is 1. The highest BCUT2D eigenvalue weighted by atomic mass is 32.2. The van der Waals surface area contributed by atoms with E-state index in [0.29, 0.717) is 11.1 Å². The van der Waals surface area contributed by atoms with E-state index in [1.165, 1.54) is 35.2 Å². The normalized spacial score (nSPS) is 14.4. The van der Waals surface area contributed by atoms with E-state index in [-0.39, 0.29) is 27.4 Å². The fourth-order valence-electron chi connectivity index (χ4n) is 2.61. The number of benzene rings is 2. The molecule has 0 aromatic heterocycles. The molecule has 0 unspecified atom stereocenters. The maximum Gasteiger partial charge on any atom is 0.261 e. The predicted molar refractivity (Wildman–Crippen MR) is 110 cm³/mol. The van der Waals surface area contributed by atoms with Gasteiger partial charge >= 0.3 is 0 Å². The van der Waals surface area contributed by atoms with Gasteiger partial charge in [-0.25, -0.2) is 21.6 Å². The smallest absolute Gasteiger partial charge is 0.261 e. The van der Waals surface area contributed by atoms with Crippen LogP contribution in [0.2, 0.25) is 0 Å². The van der Waals surface area contributed by atoms with E-state index < -0.39 is 20.0 Å². The Kier molecular flexibility index (Phi) is 5.70. The Bertz CT molecular complexity index is 1140. The lowest BCUT2D eigenvalue weighted by Crippen LogP contribution is -2.25. The fraction of sp³-hybridized carbons (Fsp3) is 0.316. The van der Waals surface area contributed by atoms with E-state index in [1.54, 1.807) is 33.2 Å². The number of rotatable bonds is 7. The lowest BCUT2D eigenvalue weighted by Gasteiger charge is -2.14. The van der Waals surface area contributed by atoms with Crippen LogP contribution in [0.3, 0.4) is 0 Å². The van der Waals surface area contributed by atoms with E-state index in [4.69, 9.17) is 0 Å². The third kappa shape index (κ3) is 4.95. The molecule has 0 aliphatic heterocycles. The zero-order chi connectivity index (χ0) is 21.4. The molecule has 1 aliphatic rings. The van der Waals surface area contributed by atoms with Crippen molar-refractivity contribution in [1.29, 1.82) is 0 Å². The average molecular weight is 438 g/mol. The van der Waals surface area contributed by atoms with E-state index in [1.807, 2.05) is 0 Å². The van der Waals surface area contributed by atoms with Crippen LogP contribution in [0, 0.1) is 6.92 Å². The molecular weight excluding hydrogens is 414 g/mol. The average Bonchev–Trinajstić information content (AvgIpc) is 3.46. The summed E-state index contributed by atoms with van der Waals surface area (Å²) in [6.45, 7) is 1.72. The quantitative estimate of drug-likeness (QED) is 0.687. The van der Waals surface area contributed by atoms with Crippen molar-refractivity contribution in [2.75, 3.05) is 18.8 Å². The highest BCUT2D eigenvalue weighted by Gasteiger charge is 2.28. The zero-order valence-electron chi connectivity index (χ0n) is 16.3. The molecule has 2 N–H and O–H groups in total. The summed E-state index contributed by atoms with van der Waals surface area (Å²) in [4.78, 5) is 13.5. The minimum Gasteiger partial charge on any atom is -0.345 e. The van der Waals surface area contributed by atoms with E-state index in [9.17, 15) is 21.6 Å². The summed E-state index contributed by atoms with van der Waals surface area (Å²) in [5, 5.41) is 0. The first kappa shape index (κ1) is 21.3. The Hall–Kier alpha value is -2.43. The van der Waals surface area contributed by atoms with Crippen LogP contribution in [0.15, 0.2) is 52.3 Å². The minimum atomic E-state index is -3.96. The maximum absolute atomic E-state index is 12.7. The summed E-state index contributed by atoms with van der Waals surface area (Å²) in [5.74, 6) is -0.247. The van der Waals surface area contributed by atoms with Gasteiger partial charge in [-0.15, -0.1) is 0 Å². The van der Waals surface area contributed by atoms with Gasteiger partial charge in [0.25, 0.3) is 15.9 Å². The second-order valence-corrected chi connectivity index (χ2v) is 10.6. The van der Waals surface area contributed by atoms with Gasteiger partial charge in [0.05, 0.1) is 15.5 Å². The van der Waals surface area contributed by atoms with Crippen LogP contribution in [0.4, 0.5) is 5.69 Å². The molecule has 0 radical (unpaired) electrons. The summed E-state index contributed by atoms with van der Waals surface area (Å²) >= 11 is 0. The van der Waals surface area contributed by atoms with Crippen molar-refractivity contribution in [3.63, 3.8) is 0 Å². The molecule has 0 heterocycles. The first-order chi connectivity index (χ1) is 13.5. The number of hydrogen-bond acceptors (Lipinski definition) is 5. The predicted octanol–water partition coefficient (Wildman–Crippen LogP) is 1.94. The topological polar surface area (TPSA) is 113 Å². The lowest BCUT2D eigenvalue weighted by molar-refractivity contribution is 0.0827. The van der Waals surface area contributed by atoms with Crippen molar-refractivity contribution in [2.45, 2.75) is 35.6 Å². The van der Waals surface area contributed by atoms with E-state index >= 15 is 0 Å². The molecule has 29 heavy (non-hydrogen) atoms. The van der Waals surface area contributed by atoms with Crippen LogP contribution in [0.1, 0.15) is 28.8 Å². The molecule has 2 aromatic rings.